The van der Waals surface area contributed by atoms with Crippen LogP contribution in [0, 0.1) is 5.92 Å². The number of hydrogen-bond acceptors (Lipinski definition) is 5. The van der Waals surface area contributed by atoms with Crippen LogP contribution < -0.4 is 10.6 Å². The molecule has 3 rings (SSSR count). The fourth-order valence-electron chi connectivity index (χ4n) is 4.21. The van der Waals surface area contributed by atoms with E-state index in [1.165, 1.54) is 16.2 Å². The topological polar surface area (TPSA) is 67.4 Å². The fourth-order valence-corrected chi connectivity index (χ4v) is 5.61. The number of anilines is 1. The molecule has 0 aliphatic heterocycles. The molecule has 1 aliphatic carbocycles. The Bertz CT molecular complexity index is 894. The molecule has 6 heteroatoms. The molecule has 0 spiro atoms. The normalized spacial score (nSPS) is 17.5. The molecule has 5 nitrogen and oxygen atoms in total. The van der Waals surface area contributed by atoms with Crippen LogP contribution in [0.3, 0.4) is 0 Å². The maximum atomic E-state index is 13.4. The Morgan fingerprint density at radius 3 is 2.65 bits per heavy atom. The lowest BCUT2D eigenvalue weighted by atomic mass is 9.88. The third-order valence-electron chi connectivity index (χ3n) is 5.80. The molecular formula is C25H34N2O3S. The predicted octanol–water partition coefficient (Wildman–Crippen LogP) is 5.51. The number of carbonyl (C=O) groups excluding carboxylic acids is 2. The number of rotatable bonds is 9. The second-order valence-electron chi connectivity index (χ2n) is 8.47. The van der Waals surface area contributed by atoms with E-state index in [1.54, 1.807) is 0 Å². The van der Waals surface area contributed by atoms with E-state index in [9.17, 15) is 9.59 Å². The van der Waals surface area contributed by atoms with E-state index in [0.29, 0.717) is 23.1 Å². The molecule has 1 heterocycles. The summed E-state index contributed by atoms with van der Waals surface area (Å²) in [7, 11) is 0. The van der Waals surface area contributed by atoms with Crippen molar-refractivity contribution in [1.29, 1.82) is 0 Å². The zero-order chi connectivity index (χ0) is 22.4. The molecule has 1 aromatic carbocycles. The molecule has 0 saturated heterocycles. The average molecular weight is 443 g/mol. The molecule has 0 unspecified atom stereocenters. The first kappa shape index (κ1) is 23.5. The van der Waals surface area contributed by atoms with Crippen LogP contribution in [0.4, 0.5) is 5.00 Å². The number of hydrogen-bond donors (Lipinski definition) is 2. The van der Waals surface area contributed by atoms with Crippen molar-refractivity contribution in [1.82, 2.24) is 5.32 Å². The van der Waals surface area contributed by atoms with Gasteiger partial charge in [0.05, 0.1) is 12.2 Å². The number of nitrogens with one attached hydrogen (secondary N) is 2. The highest BCUT2D eigenvalue weighted by Crippen LogP contribution is 2.40. The van der Waals surface area contributed by atoms with E-state index in [1.807, 2.05) is 37.3 Å². The standard InChI is InChI=1S/C25H34N2O3S/c1-5-10-17(4)26-22(18-11-8-7-9-12-18)23(28)27-24-21(25(29)30-6-2)19-14-13-16(3)15-20(19)31-24/h7-9,11-12,16-17,22,26H,5-6,10,13-15H2,1-4H3,(H,27,28)/t16-,17-,22-/m1/s1. The van der Waals surface area contributed by atoms with Gasteiger partial charge in [-0.05, 0) is 56.6 Å². The van der Waals surface area contributed by atoms with Crippen LogP contribution in [0.1, 0.15) is 79.4 Å². The van der Waals surface area contributed by atoms with E-state index in [-0.39, 0.29) is 17.9 Å². The van der Waals surface area contributed by atoms with E-state index in [4.69, 9.17) is 4.74 Å². The lowest BCUT2D eigenvalue weighted by Gasteiger charge is -2.23. The third kappa shape index (κ3) is 5.74. The van der Waals surface area contributed by atoms with Gasteiger partial charge >= 0.3 is 5.97 Å². The second kappa shape index (κ2) is 10.9. The Kier molecular flexibility index (Phi) is 8.27. The smallest absolute Gasteiger partial charge is 0.341 e. The van der Waals surface area contributed by atoms with Crippen LogP contribution in [0.15, 0.2) is 30.3 Å². The van der Waals surface area contributed by atoms with Gasteiger partial charge in [0.2, 0.25) is 5.91 Å². The minimum atomic E-state index is -0.490. The van der Waals surface area contributed by atoms with Gasteiger partial charge in [0, 0.05) is 10.9 Å². The number of fused-ring (bicyclic) bond motifs is 1. The van der Waals surface area contributed by atoms with Gasteiger partial charge in [0.1, 0.15) is 11.0 Å². The summed E-state index contributed by atoms with van der Waals surface area (Å²) in [5.41, 5.74) is 2.52. The molecule has 1 aromatic heterocycles. The van der Waals surface area contributed by atoms with Gasteiger partial charge in [-0.3, -0.25) is 10.1 Å². The Morgan fingerprint density at radius 1 is 1.23 bits per heavy atom. The quantitative estimate of drug-likeness (QED) is 0.503. The first-order valence-corrected chi connectivity index (χ1v) is 12.2. The first-order valence-electron chi connectivity index (χ1n) is 11.4. The van der Waals surface area contributed by atoms with Crippen LogP contribution in [-0.2, 0) is 22.4 Å². The van der Waals surface area contributed by atoms with Gasteiger partial charge in [0.25, 0.3) is 0 Å². The minimum Gasteiger partial charge on any atom is -0.462 e. The van der Waals surface area contributed by atoms with E-state index in [2.05, 4.69) is 31.4 Å². The van der Waals surface area contributed by atoms with Crippen LogP contribution in [-0.4, -0.2) is 24.5 Å². The molecule has 0 radical (unpaired) electrons. The number of benzene rings is 1. The molecule has 2 aromatic rings. The van der Waals surface area contributed by atoms with E-state index >= 15 is 0 Å². The molecule has 168 valence electrons. The predicted molar refractivity (Wildman–Crippen MR) is 127 cm³/mol. The number of thiophene rings is 1. The molecule has 0 bridgehead atoms. The maximum absolute atomic E-state index is 13.4. The van der Waals surface area contributed by atoms with Gasteiger partial charge in [-0.25, -0.2) is 4.79 Å². The van der Waals surface area contributed by atoms with Gasteiger partial charge in [0.15, 0.2) is 0 Å². The summed E-state index contributed by atoms with van der Waals surface area (Å²) in [6, 6.07) is 9.46. The zero-order valence-corrected chi connectivity index (χ0v) is 19.8. The number of esters is 1. The molecule has 0 fully saturated rings. The van der Waals surface area contributed by atoms with Crippen LogP contribution in [0.5, 0.6) is 0 Å². The van der Waals surface area contributed by atoms with Crippen molar-refractivity contribution >= 4 is 28.2 Å². The van der Waals surface area contributed by atoms with Crippen molar-refractivity contribution in [3.8, 4) is 0 Å². The Hall–Kier alpha value is -2.18. The number of amides is 1. The van der Waals surface area contributed by atoms with Crippen molar-refractivity contribution in [3.05, 3.63) is 51.9 Å². The summed E-state index contributed by atoms with van der Waals surface area (Å²) in [6.45, 7) is 8.59. The van der Waals surface area contributed by atoms with Crippen LogP contribution in [0.2, 0.25) is 0 Å². The molecule has 1 amide bonds. The third-order valence-corrected chi connectivity index (χ3v) is 6.97. The Morgan fingerprint density at radius 2 is 1.97 bits per heavy atom. The second-order valence-corrected chi connectivity index (χ2v) is 9.57. The summed E-state index contributed by atoms with van der Waals surface area (Å²) in [4.78, 5) is 27.4. The largest absolute Gasteiger partial charge is 0.462 e. The number of ether oxygens (including phenoxy) is 1. The molecule has 0 saturated carbocycles. The van der Waals surface area contributed by atoms with Crippen molar-refractivity contribution in [2.75, 3.05) is 11.9 Å². The molecule has 2 N–H and O–H groups in total. The molecule has 3 atom stereocenters. The van der Waals surface area contributed by atoms with E-state index < -0.39 is 6.04 Å². The molecule has 31 heavy (non-hydrogen) atoms. The van der Waals surface area contributed by atoms with Crippen molar-refractivity contribution in [3.63, 3.8) is 0 Å². The molecular weight excluding hydrogens is 408 g/mol. The monoisotopic (exact) mass is 442 g/mol. The van der Waals surface area contributed by atoms with Crippen LogP contribution >= 0.6 is 11.3 Å². The molecule has 1 aliphatic rings. The zero-order valence-electron chi connectivity index (χ0n) is 19.0. The Labute approximate surface area is 189 Å². The van der Waals surface area contributed by atoms with Gasteiger partial charge in [-0.1, -0.05) is 50.6 Å². The van der Waals surface area contributed by atoms with Crippen molar-refractivity contribution in [2.24, 2.45) is 5.92 Å². The lowest BCUT2D eigenvalue weighted by molar-refractivity contribution is -0.118. The highest BCUT2D eigenvalue weighted by atomic mass is 32.1. The van der Waals surface area contributed by atoms with Crippen LogP contribution in [0.25, 0.3) is 0 Å². The highest BCUT2D eigenvalue weighted by molar-refractivity contribution is 7.17. The summed E-state index contributed by atoms with van der Waals surface area (Å²) in [6.07, 6.45) is 4.86. The van der Waals surface area contributed by atoms with Gasteiger partial charge in [-0.2, -0.15) is 0 Å². The summed E-state index contributed by atoms with van der Waals surface area (Å²) >= 11 is 1.53. The number of carbonyl (C=O) groups is 2. The van der Waals surface area contributed by atoms with Gasteiger partial charge in [-0.15, -0.1) is 11.3 Å². The highest BCUT2D eigenvalue weighted by Gasteiger charge is 2.31. The first-order chi connectivity index (χ1) is 14.9. The van der Waals surface area contributed by atoms with Crippen molar-refractivity contribution < 1.29 is 14.3 Å². The lowest BCUT2D eigenvalue weighted by Crippen LogP contribution is -2.38. The maximum Gasteiger partial charge on any atom is 0.341 e. The van der Waals surface area contributed by atoms with Gasteiger partial charge < -0.3 is 10.1 Å². The summed E-state index contributed by atoms with van der Waals surface area (Å²) in [5.74, 6) is 0.0955. The SMILES string of the molecule is CCC[C@@H](C)N[C@@H](C(=O)Nc1sc2c(c1C(=O)OCC)CC[C@@H](C)C2)c1ccccc1. The minimum absolute atomic E-state index is 0.147. The Balaban J connectivity index is 1.91. The van der Waals surface area contributed by atoms with Crippen molar-refractivity contribution in [2.45, 2.75) is 71.9 Å². The fraction of sp³-hybridized carbons (Fsp3) is 0.520. The summed E-state index contributed by atoms with van der Waals surface area (Å²) < 4.78 is 5.34. The summed E-state index contributed by atoms with van der Waals surface area (Å²) in [5, 5.41) is 7.18. The average Bonchev–Trinajstić information content (AvgIpc) is 3.09. The van der Waals surface area contributed by atoms with E-state index in [0.717, 1.165) is 43.2 Å².